The van der Waals surface area contributed by atoms with Crippen LogP contribution in [-0.2, 0) is 13.1 Å². The number of aliphatic hydroxyl groups excluding tert-OH is 1. The Morgan fingerprint density at radius 3 is 2.84 bits per heavy atom. The summed E-state index contributed by atoms with van der Waals surface area (Å²) in [5.74, 6) is -0.0363. The number of nitrogens with zero attached hydrogens (tertiary/aromatic N) is 4. The Morgan fingerprint density at radius 2 is 2.06 bits per heavy atom. The zero-order valence-electron chi connectivity index (χ0n) is 17.1. The number of nitrogens with one attached hydrogen (secondary N) is 1. The van der Waals surface area contributed by atoms with Crippen molar-refractivity contribution in [1.82, 2.24) is 24.6 Å². The van der Waals surface area contributed by atoms with Gasteiger partial charge in [0.1, 0.15) is 0 Å². The summed E-state index contributed by atoms with van der Waals surface area (Å²) in [4.78, 5) is 17.3. The third-order valence-electron chi connectivity index (χ3n) is 5.49. The second-order valence-corrected chi connectivity index (χ2v) is 7.85. The van der Waals surface area contributed by atoms with Crippen LogP contribution in [0.4, 0.5) is 0 Å². The number of amides is 1. The van der Waals surface area contributed by atoms with E-state index in [0.29, 0.717) is 25.1 Å². The maximum absolute atomic E-state index is 12.7. The Labute approximate surface area is 180 Å². The molecule has 2 N–H and O–H groups in total. The normalized spacial score (nSPS) is 13.6. The minimum absolute atomic E-state index is 0.0363. The quantitative estimate of drug-likeness (QED) is 0.464. The van der Waals surface area contributed by atoms with Crippen LogP contribution in [0, 0.1) is 6.42 Å². The number of benzene rings is 1. The highest BCUT2D eigenvalue weighted by atomic mass is 16.3. The molecule has 7 heteroatoms. The number of carbonyl (C=O) groups is 1. The molecule has 1 atom stereocenters. The van der Waals surface area contributed by atoms with Crippen LogP contribution >= 0.6 is 0 Å². The van der Waals surface area contributed by atoms with Crippen LogP contribution in [0.25, 0.3) is 22.0 Å². The second kappa shape index (κ2) is 8.35. The zero-order valence-corrected chi connectivity index (χ0v) is 17.1. The molecule has 1 aromatic carbocycles. The standard InChI is InChI=1S/C24H24N5O2/c30-12-2-10-29-15-19(14-26-29)18-5-6-21(25-13-18)16-28-11-9-17-3-1-4-22(23(17)28)24(31)27-20-7-8-20/h1,3-7,9,11,13-15,20,30H,2,8,10,12,16H2,(H,27,31). The molecule has 0 saturated heterocycles. The molecule has 1 aliphatic carbocycles. The summed E-state index contributed by atoms with van der Waals surface area (Å²) in [6, 6.07) is 12.1. The lowest BCUT2D eigenvalue weighted by atomic mass is 10.1. The number of pyridine rings is 1. The van der Waals surface area contributed by atoms with Crippen molar-refractivity contribution in [2.75, 3.05) is 6.61 Å². The van der Waals surface area contributed by atoms with Crippen LogP contribution in [-0.4, -0.2) is 43.0 Å². The van der Waals surface area contributed by atoms with Crippen LogP contribution in [0.15, 0.2) is 61.2 Å². The van der Waals surface area contributed by atoms with Gasteiger partial charge in [0.2, 0.25) is 0 Å². The Hall–Kier alpha value is -3.45. The maximum Gasteiger partial charge on any atom is 0.253 e. The van der Waals surface area contributed by atoms with Gasteiger partial charge in [0.25, 0.3) is 5.91 Å². The number of para-hydroxylation sites is 1. The van der Waals surface area contributed by atoms with Crippen molar-refractivity contribution < 1.29 is 9.90 Å². The lowest BCUT2D eigenvalue weighted by Gasteiger charge is -2.10. The fourth-order valence-electron chi connectivity index (χ4n) is 3.74. The van der Waals surface area contributed by atoms with Crippen molar-refractivity contribution in [2.45, 2.75) is 32.0 Å². The van der Waals surface area contributed by atoms with E-state index in [1.165, 1.54) is 0 Å². The maximum atomic E-state index is 12.7. The van der Waals surface area contributed by atoms with Crippen LogP contribution in [0.5, 0.6) is 0 Å². The molecule has 5 rings (SSSR count). The molecule has 1 radical (unpaired) electrons. The molecule has 1 amide bonds. The Kier molecular flexibility index (Phi) is 5.26. The molecule has 1 aliphatic rings. The average Bonchev–Trinajstić information content (AvgIpc) is 3.32. The predicted molar refractivity (Wildman–Crippen MR) is 118 cm³/mol. The first-order chi connectivity index (χ1) is 15.2. The highest BCUT2D eigenvalue weighted by Gasteiger charge is 2.25. The van der Waals surface area contributed by atoms with E-state index in [-0.39, 0.29) is 18.6 Å². The van der Waals surface area contributed by atoms with Crippen LogP contribution in [0.1, 0.15) is 28.9 Å². The van der Waals surface area contributed by atoms with Crippen LogP contribution < -0.4 is 5.32 Å². The van der Waals surface area contributed by atoms with E-state index < -0.39 is 0 Å². The Morgan fingerprint density at radius 1 is 1.16 bits per heavy atom. The van der Waals surface area contributed by atoms with Gasteiger partial charge in [-0.3, -0.25) is 14.5 Å². The average molecular weight is 414 g/mol. The monoisotopic (exact) mass is 414 g/mol. The van der Waals surface area contributed by atoms with Crippen LogP contribution in [0.3, 0.4) is 0 Å². The number of aryl methyl sites for hydroxylation is 1. The highest BCUT2D eigenvalue weighted by molar-refractivity contribution is 6.06. The molecule has 1 unspecified atom stereocenters. The molecule has 0 bridgehead atoms. The van der Waals surface area contributed by atoms with Gasteiger partial charge in [-0.1, -0.05) is 18.2 Å². The van der Waals surface area contributed by atoms with E-state index in [4.69, 9.17) is 5.11 Å². The molecule has 1 fully saturated rings. The highest BCUT2D eigenvalue weighted by Crippen LogP contribution is 2.24. The van der Waals surface area contributed by atoms with Crippen LogP contribution in [0.2, 0.25) is 0 Å². The number of aromatic nitrogens is 4. The number of carbonyl (C=O) groups excluding carboxylic acids is 1. The summed E-state index contributed by atoms with van der Waals surface area (Å²) in [6.07, 6.45) is 11.3. The summed E-state index contributed by atoms with van der Waals surface area (Å²) < 4.78 is 3.91. The fraction of sp³-hybridized carbons (Fsp3) is 0.250. The molecular formula is C24H24N5O2. The lowest BCUT2D eigenvalue weighted by Crippen LogP contribution is -2.26. The minimum Gasteiger partial charge on any atom is -0.396 e. The number of hydrogen-bond acceptors (Lipinski definition) is 4. The Bertz CT molecular complexity index is 1200. The van der Waals surface area contributed by atoms with Gasteiger partial charge < -0.3 is 15.0 Å². The topological polar surface area (TPSA) is 85.0 Å². The zero-order chi connectivity index (χ0) is 21.2. The van der Waals surface area contributed by atoms with Gasteiger partial charge in [0, 0.05) is 54.3 Å². The summed E-state index contributed by atoms with van der Waals surface area (Å²) in [5.41, 5.74) is 4.53. The summed E-state index contributed by atoms with van der Waals surface area (Å²) in [5, 5.41) is 17.4. The van der Waals surface area contributed by atoms with Gasteiger partial charge >= 0.3 is 0 Å². The number of rotatable bonds is 8. The van der Waals surface area contributed by atoms with E-state index in [9.17, 15) is 4.79 Å². The van der Waals surface area contributed by atoms with Gasteiger partial charge in [0.15, 0.2) is 0 Å². The van der Waals surface area contributed by atoms with Gasteiger partial charge in [0.05, 0.1) is 29.5 Å². The van der Waals surface area contributed by atoms with E-state index in [1.54, 1.807) is 0 Å². The SMILES string of the molecule is O=C(NC1[CH]C1)c1cccc2ccn(Cc3ccc(-c4cnn(CCCO)c4)cn3)c12. The van der Waals surface area contributed by atoms with Crippen molar-refractivity contribution in [3.63, 3.8) is 0 Å². The smallest absolute Gasteiger partial charge is 0.253 e. The molecule has 1 saturated carbocycles. The molecule has 3 heterocycles. The first kappa shape index (κ1) is 19.5. The van der Waals surface area contributed by atoms with E-state index >= 15 is 0 Å². The molecule has 157 valence electrons. The van der Waals surface area contributed by atoms with Gasteiger partial charge in [-0.2, -0.15) is 5.10 Å². The summed E-state index contributed by atoms with van der Waals surface area (Å²) in [6.45, 7) is 1.43. The molecule has 3 aromatic heterocycles. The van der Waals surface area contributed by atoms with Crippen molar-refractivity contribution >= 4 is 16.8 Å². The first-order valence-corrected chi connectivity index (χ1v) is 10.5. The lowest BCUT2D eigenvalue weighted by molar-refractivity contribution is 0.0953. The predicted octanol–water partition coefficient (Wildman–Crippen LogP) is 3.04. The molecule has 4 aromatic rings. The van der Waals surface area contributed by atoms with Gasteiger partial charge in [-0.05, 0) is 37.5 Å². The Balaban J connectivity index is 1.36. The molecule has 7 nitrogen and oxygen atoms in total. The van der Waals surface area contributed by atoms with Crippen molar-refractivity contribution in [1.29, 1.82) is 0 Å². The number of hydrogen-bond donors (Lipinski definition) is 2. The molecule has 31 heavy (non-hydrogen) atoms. The largest absolute Gasteiger partial charge is 0.396 e. The second-order valence-electron chi connectivity index (χ2n) is 7.85. The van der Waals surface area contributed by atoms with Crippen molar-refractivity contribution in [2.24, 2.45) is 0 Å². The number of aliphatic hydroxyl groups is 1. The number of fused-ring (bicyclic) bond motifs is 1. The van der Waals surface area contributed by atoms with E-state index in [2.05, 4.69) is 26.4 Å². The summed E-state index contributed by atoms with van der Waals surface area (Å²) in [7, 11) is 0. The van der Waals surface area contributed by atoms with Crippen molar-refractivity contribution in [3.8, 4) is 11.1 Å². The molecule has 0 spiro atoms. The first-order valence-electron chi connectivity index (χ1n) is 10.5. The third kappa shape index (κ3) is 4.22. The summed E-state index contributed by atoms with van der Waals surface area (Å²) >= 11 is 0. The third-order valence-corrected chi connectivity index (χ3v) is 5.49. The van der Waals surface area contributed by atoms with E-state index in [0.717, 1.165) is 34.1 Å². The molecule has 0 aliphatic heterocycles. The van der Waals surface area contributed by atoms with E-state index in [1.807, 2.05) is 65.9 Å². The fourth-order valence-corrected chi connectivity index (χ4v) is 3.74. The molecular weight excluding hydrogens is 390 g/mol. The minimum atomic E-state index is -0.0363. The van der Waals surface area contributed by atoms with Gasteiger partial charge in [-0.25, -0.2) is 0 Å². The van der Waals surface area contributed by atoms with Gasteiger partial charge in [-0.15, -0.1) is 0 Å². The van der Waals surface area contributed by atoms with Crippen molar-refractivity contribution in [3.05, 3.63) is 78.9 Å².